The van der Waals surface area contributed by atoms with E-state index in [4.69, 9.17) is 15.6 Å². The van der Waals surface area contributed by atoms with Crippen LogP contribution >= 0.6 is 11.8 Å². The van der Waals surface area contributed by atoms with Gasteiger partial charge in [0, 0.05) is 23.6 Å². The number of carboxylic acids is 1. The van der Waals surface area contributed by atoms with E-state index in [1.807, 2.05) is 30.3 Å². The molecular formula is C15H22N2O4S. The largest absolute Gasteiger partial charge is 0.480 e. The lowest BCUT2D eigenvalue weighted by molar-refractivity contribution is -0.139. The van der Waals surface area contributed by atoms with Gasteiger partial charge in [-0.15, -0.1) is 11.8 Å². The molecule has 4 N–H and O–H groups in total. The Morgan fingerprint density at radius 1 is 1.27 bits per heavy atom. The van der Waals surface area contributed by atoms with Crippen molar-refractivity contribution >= 4 is 23.6 Å². The van der Waals surface area contributed by atoms with Crippen LogP contribution in [0.2, 0.25) is 0 Å². The van der Waals surface area contributed by atoms with Crippen molar-refractivity contribution < 1.29 is 19.4 Å². The standard InChI is InChI=1S/C15H22N2O4S/c16-14(18)7-6-13(15(19)20)17-8-9-21-10-11-22-12-4-2-1-3-5-12/h1-5,13,17H,6-11H2,(H2,16,18)(H,19,20). The molecule has 0 saturated carbocycles. The first-order valence-electron chi connectivity index (χ1n) is 7.09. The van der Waals surface area contributed by atoms with Crippen LogP contribution in [-0.4, -0.2) is 48.5 Å². The quantitative estimate of drug-likeness (QED) is 0.393. The van der Waals surface area contributed by atoms with Crippen LogP contribution in [-0.2, 0) is 14.3 Å². The maximum Gasteiger partial charge on any atom is 0.320 e. The summed E-state index contributed by atoms with van der Waals surface area (Å²) in [5.74, 6) is -0.642. The summed E-state index contributed by atoms with van der Waals surface area (Å²) in [5, 5.41) is 11.8. The average molecular weight is 326 g/mol. The molecule has 1 aromatic rings. The topological polar surface area (TPSA) is 102 Å². The summed E-state index contributed by atoms with van der Waals surface area (Å²) in [6, 6.07) is 9.28. The number of aliphatic carboxylic acids is 1. The zero-order valence-electron chi connectivity index (χ0n) is 12.4. The van der Waals surface area contributed by atoms with Gasteiger partial charge in [-0.25, -0.2) is 0 Å². The number of carboxylic acid groups (broad SMARTS) is 1. The van der Waals surface area contributed by atoms with E-state index in [2.05, 4.69) is 5.32 Å². The van der Waals surface area contributed by atoms with E-state index in [-0.39, 0.29) is 12.8 Å². The number of thioether (sulfide) groups is 1. The van der Waals surface area contributed by atoms with Crippen LogP contribution in [0.25, 0.3) is 0 Å². The smallest absolute Gasteiger partial charge is 0.320 e. The second-order valence-corrected chi connectivity index (χ2v) is 5.79. The third-order valence-corrected chi connectivity index (χ3v) is 3.83. The molecule has 1 unspecified atom stereocenters. The van der Waals surface area contributed by atoms with E-state index in [1.165, 1.54) is 4.90 Å². The summed E-state index contributed by atoms with van der Waals surface area (Å²) in [5.41, 5.74) is 5.01. The predicted molar refractivity (Wildman–Crippen MR) is 85.8 cm³/mol. The van der Waals surface area contributed by atoms with Crippen molar-refractivity contribution in [2.24, 2.45) is 5.73 Å². The number of ether oxygens (including phenoxy) is 1. The van der Waals surface area contributed by atoms with Gasteiger partial charge in [0.25, 0.3) is 0 Å². The first-order chi connectivity index (χ1) is 10.6. The lowest BCUT2D eigenvalue weighted by Crippen LogP contribution is -2.39. The van der Waals surface area contributed by atoms with Gasteiger partial charge < -0.3 is 20.9 Å². The number of carbonyl (C=O) groups is 2. The first-order valence-corrected chi connectivity index (χ1v) is 8.08. The Morgan fingerprint density at radius 3 is 2.64 bits per heavy atom. The van der Waals surface area contributed by atoms with Gasteiger partial charge in [0.2, 0.25) is 5.91 Å². The second-order valence-electron chi connectivity index (χ2n) is 4.62. The van der Waals surface area contributed by atoms with Crippen molar-refractivity contribution in [3.63, 3.8) is 0 Å². The molecule has 6 nitrogen and oxygen atoms in total. The van der Waals surface area contributed by atoms with Gasteiger partial charge in [0.1, 0.15) is 6.04 Å². The predicted octanol–water partition coefficient (Wildman–Crippen LogP) is 1.10. The number of primary amides is 1. The number of amides is 1. The van der Waals surface area contributed by atoms with Crippen molar-refractivity contribution in [1.82, 2.24) is 5.32 Å². The highest BCUT2D eigenvalue weighted by Gasteiger charge is 2.16. The molecule has 1 amide bonds. The minimum Gasteiger partial charge on any atom is -0.480 e. The van der Waals surface area contributed by atoms with Crippen molar-refractivity contribution in [1.29, 1.82) is 0 Å². The van der Waals surface area contributed by atoms with Gasteiger partial charge in [0.05, 0.1) is 13.2 Å². The van der Waals surface area contributed by atoms with Gasteiger partial charge in [-0.2, -0.15) is 0 Å². The fraction of sp³-hybridized carbons (Fsp3) is 0.467. The van der Waals surface area contributed by atoms with E-state index >= 15 is 0 Å². The molecule has 0 aliphatic carbocycles. The minimum atomic E-state index is -0.985. The third-order valence-electron chi connectivity index (χ3n) is 2.85. The van der Waals surface area contributed by atoms with E-state index in [9.17, 15) is 9.59 Å². The van der Waals surface area contributed by atoms with Gasteiger partial charge in [-0.05, 0) is 18.6 Å². The van der Waals surface area contributed by atoms with Crippen molar-refractivity contribution in [2.45, 2.75) is 23.8 Å². The van der Waals surface area contributed by atoms with Crippen LogP contribution < -0.4 is 11.1 Å². The van der Waals surface area contributed by atoms with Crippen LogP contribution in [0.3, 0.4) is 0 Å². The number of hydrogen-bond donors (Lipinski definition) is 3. The van der Waals surface area contributed by atoms with E-state index in [1.54, 1.807) is 11.8 Å². The summed E-state index contributed by atoms with van der Waals surface area (Å²) in [6.07, 6.45) is 0.243. The molecule has 1 rings (SSSR count). The lowest BCUT2D eigenvalue weighted by atomic mass is 10.1. The molecule has 0 aliphatic heterocycles. The molecule has 1 atom stereocenters. The number of carbonyl (C=O) groups excluding carboxylic acids is 1. The molecule has 0 heterocycles. The first kappa shape index (κ1) is 18.5. The molecule has 22 heavy (non-hydrogen) atoms. The summed E-state index contributed by atoms with van der Waals surface area (Å²) in [7, 11) is 0. The summed E-state index contributed by atoms with van der Waals surface area (Å²) in [4.78, 5) is 22.8. The molecule has 0 radical (unpaired) electrons. The monoisotopic (exact) mass is 326 g/mol. The Labute approximate surface area is 134 Å². The maximum absolute atomic E-state index is 11.0. The molecule has 0 bridgehead atoms. The Hall–Kier alpha value is -1.57. The lowest BCUT2D eigenvalue weighted by Gasteiger charge is -2.13. The number of benzene rings is 1. The molecule has 0 saturated heterocycles. The molecule has 0 spiro atoms. The van der Waals surface area contributed by atoms with E-state index < -0.39 is 17.9 Å². The summed E-state index contributed by atoms with van der Waals surface area (Å²) < 4.78 is 5.44. The molecule has 0 aliphatic rings. The number of rotatable bonds is 12. The van der Waals surface area contributed by atoms with Crippen molar-refractivity contribution in [2.75, 3.05) is 25.5 Å². The molecule has 0 fully saturated rings. The van der Waals surface area contributed by atoms with Crippen LogP contribution in [0, 0.1) is 0 Å². The SMILES string of the molecule is NC(=O)CCC(NCCOCCSc1ccccc1)C(=O)O. The molecule has 1 aromatic carbocycles. The Kier molecular flexibility index (Phi) is 9.29. The minimum absolute atomic E-state index is 0.0541. The van der Waals surface area contributed by atoms with Gasteiger partial charge >= 0.3 is 5.97 Å². The fourth-order valence-electron chi connectivity index (χ4n) is 1.74. The molecule has 122 valence electrons. The number of hydrogen-bond acceptors (Lipinski definition) is 5. The second kappa shape index (κ2) is 11.1. The van der Waals surface area contributed by atoms with Crippen LogP contribution in [0.1, 0.15) is 12.8 Å². The highest BCUT2D eigenvalue weighted by Crippen LogP contribution is 2.16. The fourth-order valence-corrected chi connectivity index (χ4v) is 2.53. The Bertz CT molecular complexity index is 456. The molecule has 0 aromatic heterocycles. The number of nitrogens with one attached hydrogen (secondary N) is 1. The van der Waals surface area contributed by atoms with Gasteiger partial charge in [-0.1, -0.05) is 18.2 Å². The van der Waals surface area contributed by atoms with Crippen LogP contribution in [0.4, 0.5) is 0 Å². The molecular weight excluding hydrogens is 304 g/mol. The highest BCUT2D eigenvalue weighted by atomic mass is 32.2. The zero-order chi connectivity index (χ0) is 16.2. The third kappa shape index (κ3) is 8.66. The zero-order valence-corrected chi connectivity index (χ0v) is 13.2. The Balaban J connectivity index is 2.05. The van der Waals surface area contributed by atoms with Crippen LogP contribution in [0.15, 0.2) is 35.2 Å². The number of nitrogens with two attached hydrogens (primary N) is 1. The summed E-state index contributed by atoms with van der Waals surface area (Å²) in [6.45, 7) is 1.45. The van der Waals surface area contributed by atoms with Crippen LogP contribution in [0.5, 0.6) is 0 Å². The normalized spacial score (nSPS) is 12.0. The summed E-state index contributed by atoms with van der Waals surface area (Å²) >= 11 is 1.71. The van der Waals surface area contributed by atoms with Crippen molar-refractivity contribution in [3.05, 3.63) is 30.3 Å². The Morgan fingerprint density at radius 2 is 2.00 bits per heavy atom. The highest BCUT2D eigenvalue weighted by molar-refractivity contribution is 7.99. The van der Waals surface area contributed by atoms with Gasteiger partial charge in [0.15, 0.2) is 0 Å². The molecule has 7 heteroatoms. The average Bonchev–Trinajstić information content (AvgIpc) is 2.49. The maximum atomic E-state index is 11.0. The van der Waals surface area contributed by atoms with Gasteiger partial charge in [-0.3, -0.25) is 9.59 Å². The van der Waals surface area contributed by atoms with Crippen molar-refractivity contribution in [3.8, 4) is 0 Å². The van der Waals surface area contributed by atoms with E-state index in [0.717, 1.165) is 5.75 Å². The van der Waals surface area contributed by atoms with E-state index in [0.29, 0.717) is 19.8 Å².